The van der Waals surface area contributed by atoms with E-state index in [1.165, 1.54) is 19.8 Å². The monoisotopic (exact) mass is 460 g/mol. The number of imide groups is 1. The van der Waals surface area contributed by atoms with Crippen LogP contribution in [-0.4, -0.2) is 43.5 Å². The maximum absolute atomic E-state index is 14.3. The number of halogens is 1. The van der Waals surface area contributed by atoms with Crippen molar-refractivity contribution in [2.75, 3.05) is 26.7 Å². The van der Waals surface area contributed by atoms with Crippen LogP contribution in [0.15, 0.2) is 43.0 Å². The number of hydrogen-bond donors (Lipinski definition) is 1. The lowest BCUT2D eigenvalue weighted by Crippen LogP contribution is -2.27. The molecule has 0 saturated heterocycles. The number of ether oxygens (including phenoxy) is 1. The number of amides is 2. The van der Waals surface area contributed by atoms with Crippen LogP contribution in [0, 0.1) is 5.82 Å². The number of carbonyl (C=O) groups is 2. The Labute approximate surface area is 199 Å². The van der Waals surface area contributed by atoms with Crippen LogP contribution in [0.1, 0.15) is 70.3 Å². The third-order valence-electron chi connectivity index (χ3n) is 5.29. The van der Waals surface area contributed by atoms with Crippen LogP contribution in [-0.2, 0) is 16.0 Å². The van der Waals surface area contributed by atoms with Crippen LogP contribution >= 0.6 is 0 Å². The molecule has 0 heterocycles. The van der Waals surface area contributed by atoms with Crippen molar-refractivity contribution in [2.24, 2.45) is 0 Å². The molecule has 33 heavy (non-hydrogen) atoms. The molecule has 5 nitrogen and oxygen atoms in total. The lowest BCUT2D eigenvalue weighted by molar-refractivity contribution is -0.129. The highest BCUT2D eigenvalue weighted by Crippen LogP contribution is 2.20. The second-order valence-electron chi connectivity index (χ2n) is 8.49. The maximum atomic E-state index is 14.3. The summed E-state index contributed by atoms with van der Waals surface area (Å²) in [6.07, 6.45) is 15.7. The molecule has 0 fully saturated rings. The summed E-state index contributed by atoms with van der Waals surface area (Å²) in [5.41, 5.74) is 1.00. The van der Waals surface area contributed by atoms with Gasteiger partial charge in [0.15, 0.2) is 11.6 Å². The number of unbranched alkanes of at least 4 members (excludes halogenated alkanes) is 7. The number of aryl methyl sites for hydroxylation is 1. The number of rotatable bonds is 18. The largest absolute Gasteiger partial charge is 0.486 e. The molecule has 184 valence electrons. The second-order valence-corrected chi connectivity index (χ2v) is 8.49. The molecule has 0 unspecified atom stereocenters. The van der Waals surface area contributed by atoms with E-state index in [4.69, 9.17) is 4.74 Å². The highest BCUT2D eigenvalue weighted by molar-refractivity contribution is 5.93. The smallest absolute Gasteiger partial charge is 0.226 e. The van der Waals surface area contributed by atoms with E-state index in [1.54, 1.807) is 12.1 Å². The fourth-order valence-electron chi connectivity index (χ4n) is 3.51. The van der Waals surface area contributed by atoms with E-state index >= 15 is 0 Å². The average Bonchev–Trinajstić information content (AvgIpc) is 2.75. The zero-order valence-corrected chi connectivity index (χ0v) is 20.4. The molecule has 6 heteroatoms. The Morgan fingerprint density at radius 3 is 2.33 bits per heavy atom. The van der Waals surface area contributed by atoms with Gasteiger partial charge in [0.1, 0.15) is 6.61 Å². The molecule has 0 aliphatic rings. The summed E-state index contributed by atoms with van der Waals surface area (Å²) in [6, 6.07) is 5.25. The van der Waals surface area contributed by atoms with Crippen molar-refractivity contribution >= 4 is 11.8 Å². The Kier molecular flexibility index (Phi) is 15.6. The number of likely N-dealkylation sites (N-methyl/N-ethyl adjacent to an activating group) is 1. The van der Waals surface area contributed by atoms with Crippen molar-refractivity contribution in [2.45, 2.75) is 71.1 Å². The molecule has 0 saturated carbocycles. The Bertz CT molecular complexity index is 749. The van der Waals surface area contributed by atoms with Crippen LogP contribution in [0.4, 0.5) is 4.39 Å². The zero-order valence-electron chi connectivity index (χ0n) is 20.4. The maximum Gasteiger partial charge on any atom is 0.226 e. The first kappa shape index (κ1) is 28.6. The molecule has 0 aliphatic heterocycles. The predicted octanol–water partition coefficient (Wildman–Crippen LogP) is 5.59. The van der Waals surface area contributed by atoms with Crippen molar-refractivity contribution in [3.05, 3.63) is 54.4 Å². The SMILES string of the molecule is C=CCN(C)C/C=C/COc1ccc(CCCCCCCCCCC(=O)NC(C)=O)cc1F. The second kappa shape index (κ2) is 18.0. The van der Waals surface area contributed by atoms with E-state index < -0.39 is 0 Å². The molecule has 0 spiro atoms. The normalized spacial score (nSPS) is 11.2. The summed E-state index contributed by atoms with van der Waals surface area (Å²) in [5.74, 6) is -0.486. The van der Waals surface area contributed by atoms with Crippen LogP contribution in [0.2, 0.25) is 0 Å². The molecular weight excluding hydrogens is 419 g/mol. The lowest BCUT2D eigenvalue weighted by atomic mass is 10.0. The quantitative estimate of drug-likeness (QED) is 0.229. The third kappa shape index (κ3) is 15.1. The third-order valence-corrected chi connectivity index (χ3v) is 5.29. The predicted molar refractivity (Wildman–Crippen MR) is 133 cm³/mol. The van der Waals surface area contributed by atoms with Gasteiger partial charge >= 0.3 is 0 Å². The zero-order chi connectivity index (χ0) is 24.3. The van der Waals surface area contributed by atoms with Gasteiger partial charge in [0, 0.05) is 26.4 Å². The van der Waals surface area contributed by atoms with Gasteiger partial charge in [0.2, 0.25) is 11.8 Å². The van der Waals surface area contributed by atoms with E-state index in [2.05, 4.69) is 16.8 Å². The van der Waals surface area contributed by atoms with Gasteiger partial charge in [-0.15, -0.1) is 6.58 Å². The summed E-state index contributed by atoms with van der Waals surface area (Å²) >= 11 is 0. The minimum absolute atomic E-state index is 0.182. The Morgan fingerprint density at radius 2 is 1.70 bits per heavy atom. The fraction of sp³-hybridized carbons (Fsp3) is 0.556. The van der Waals surface area contributed by atoms with Crippen LogP contribution in [0.5, 0.6) is 5.75 Å². The van der Waals surface area contributed by atoms with Gasteiger partial charge in [-0.05, 0) is 44.0 Å². The fourth-order valence-corrected chi connectivity index (χ4v) is 3.51. The minimum Gasteiger partial charge on any atom is -0.486 e. The average molecular weight is 461 g/mol. The van der Waals surface area contributed by atoms with Crippen molar-refractivity contribution in [3.63, 3.8) is 0 Å². The van der Waals surface area contributed by atoms with Gasteiger partial charge in [-0.3, -0.25) is 19.8 Å². The molecular formula is C27H41FN2O3. The minimum atomic E-state index is -0.304. The molecule has 2 amide bonds. The summed E-state index contributed by atoms with van der Waals surface area (Å²) in [5, 5.41) is 2.29. The highest BCUT2D eigenvalue weighted by Gasteiger charge is 2.05. The molecule has 0 radical (unpaired) electrons. The van der Waals surface area contributed by atoms with Gasteiger partial charge in [-0.25, -0.2) is 4.39 Å². The number of nitrogens with zero attached hydrogens (tertiary/aromatic N) is 1. The summed E-state index contributed by atoms with van der Waals surface area (Å²) in [6.45, 7) is 7.04. The van der Waals surface area contributed by atoms with Crippen molar-refractivity contribution in [1.82, 2.24) is 10.2 Å². The van der Waals surface area contributed by atoms with Gasteiger partial charge in [0.05, 0.1) is 0 Å². The van der Waals surface area contributed by atoms with E-state index in [0.29, 0.717) is 18.8 Å². The Hall–Kier alpha value is -2.47. The summed E-state index contributed by atoms with van der Waals surface area (Å²) in [4.78, 5) is 24.2. The summed E-state index contributed by atoms with van der Waals surface area (Å²) < 4.78 is 19.8. The van der Waals surface area contributed by atoms with E-state index in [0.717, 1.165) is 63.6 Å². The van der Waals surface area contributed by atoms with Gasteiger partial charge < -0.3 is 4.74 Å². The van der Waals surface area contributed by atoms with Crippen molar-refractivity contribution in [3.8, 4) is 5.75 Å². The number of nitrogens with one attached hydrogen (secondary N) is 1. The number of carbonyl (C=O) groups excluding carboxylic acids is 2. The van der Waals surface area contributed by atoms with Crippen molar-refractivity contribution < 1.29 is 18.7 Å². The first-order valence-electron chi connectivity index (χ1n) is 12.1. The van der Waals surface area contributed by atoms with Gasteiger partial charge in [0.25, 0.3) is 0 Å². The highest BCUT2D eigenvalue weighted by atomic mass is 19.1. The van der Waals surface area contributed by atoms with E-state index in [1.807, 2.05) is 31.3 Å². The molecule has 0 aromatic heterocycles. The topological polar surface area (TPSA) is 58.6 Å². The molecule has 0 aliphatic carbocycles. The Balaban J connectivity index is 2.09. The number of benzene rings is 1. The summed E-state index contributed by atoms with van der Waals surface area (Å²) in [7, 11) is 2.01. The standard InChI is InChI=1S/C27H41FN2O3/c1-4-19-30(3)20-13-14-21-33-26-18-17-24(22-25(26)28)15-11-9-7-5-6-8-10-12-16-27(32)29-23(2)31/h4,13-14,17-18,22H,1,5-12,15-16,19-21H2,2-3H3,(H,29,31,32)/b14-13+. The molecule has 1 aromatic carbocycles. The molecule has 0 atom stereocenters. The van der Waals surface area contributed by atoms with Crippen LogP contribution in [0.25, 0.3) is 0 Å². The van der Waals surface area contributed by atoms with E-state index in [-0.39, 0.29) is 17.6 Å². The molecule has 1 rings (SSSR count). The van der Waals surface area contributed by atoms with Gasteiger partial charge in [-0.2, -0.15) is 0 Å². The first-order valence-corrected chi connectivity index (χ1v) is 12.1. The van der Waals surface area contributed by atoms with Crippen LogP contribution < -0.4 is 10.1 Å². The lowest BCUT2D eigenvalue weighted by Gasteiger charge is -2.10. The molecule has 0 bridgehead atoms. The van der Waals surface area contributed by atoms with Crippen molar-refractivity contribution in [1.29, 1.82) is 0 Å². The first-order chi connectivity index (χ1) is 15.9. The Morgan fingerprint density at radius 1 is 1.03 bits per heavy atom. The van der Waals surface area contributed by atoms with Crippen LogP contribution in [0.3, 0.4) is 0 Å². The van der Waals surface area contributed by atoms with Gasteiger partial charge in [-0.1, -0.05) is 62.8 Å². The molecule has 1 aromatic rings. The molecule has 1 N–H and O–H groups in total. The number of hydrogen-bond acceptors (Lipinski definition) is 4. The van der Waals surface area contributed by atoms with E-state index in [9.17, 15) is 14.0 Å².